The maximum atomic E-state index is 12.3. The number of hydrogen-bond donors (Lipinski definition) is 3. The van der Waals surface area contributed by atoms with E-state index in [0.29, 0.717) is 22.4 Å². The molecule has 4 aromatic rings. The first-order valence-corrected chi connectivity index (χ1v) is 8.72. The number of hydrogen-bond acceptors (Lipinski definition) is 7. The van der Waals surface area contributed by atoms with Crippen LogP contribution >= 0.6 is 0 Å². The third-order valence-corrected chi connectivity index (χ3v) is 4.06. The summed E-state index contributed by atoms with van der Waals surface area (Å²) in [4.78, 5) is 37.0. The van der Waals surface area contributed by atoms with Gasteiger partial charge in [-0.2, -0.15) is 4.98 Å². The number of para-hydroxylation sites is 2. The van der Waals surface area contributed by atoms with Gasteiger partial charge in [0.25, 0.3) is 11.8 Å². The predicted molar refractivity (Wildman–Crippen MR) is 105 cm³/mol. The molecule has 0 saturated carbocycles. The number of aromatic nitrogens is 3. The lowest BCUT2D eigenvalue weighted by atomic mass is 10.2. The van der Waals surface area contributed by atoms with Gasteiger partial charge in [-0.1, -0.05) is 30.3 Å². The molecule has 29 heavy (non-hydrogen) atoms. The van der Waals surface area contributed by atoms with E-state index >= 15 is 0 Å². The quantitative estimate of drug-likeness (QED) is 0.460. The molecule has 0 spiro atoms. The van der Waals surface area contributed by atoms with Crippen LogP contribution in [0.2, 0.25) is 0 Å². The van der Waals surface area contributed by atoms with Crippen LogP contribution in [0.4, 0.5) is 12.0 Å². The summed E-state index contributed by atoms with van der Waals surface area (Å²) in [5, 5.41) is 2.87. The third-order valence-electron chi connectivity index (χ3n) is 4.06. The molecule has 0 atom stereocenters. The number of rotatable bonds is 4. The first-order chi connectivity index (χ1) is 14.1. The lowest BCUT2D eigenvalue weighted by Gasteiger charge is -2.09. The zero-order valence-corrected chi connectivity index (χ0v) is 15.3. The normalized spacial score (nSPS) is 10.5. The van der Waals surface area contributed by atoms with Gasteiger partial charge in [0.2, 0.25) is 5.95 Å². The summed E-state index contributed by atoms with van der Waals surface area (Å²) in [7, 11) is 0. The molecule has 2 heterocycles. The highest BCUT2D eigenvalue weighted by atomic mass is 16.4. The number of oxazole rings is 1. The highest BCUT2D eigenvalue weighted by Crippen LogP contribution is 2.20. The van der Waals surface area contributed by atoms with Gasteiger partial charge in [-0.25, -0.2) is 9.97 Å². The first-order valence-electron chi connectivity index (χ1n) is 8.72. The number of aryl methyl sites for hydroxylation is 1. The molecule has 0 fully saturated rings. The Labute approximate surface area is 165 Å². The molecular formula is C20H16N6O3. The Morgan fingerprint density at radius 3 is 2.38 bits per heavy atom. The molecule has 0 saturated heterocycles. The van der Waals surface area contributed by atoms with Gasteiger partial charge in [-0.05, 0) is 31.2 Å². The van der Waals surface area contributed by atoms with Crippen LogP contribution in [0, 0.1) is 6.92 Å². The predicted octanol–water partition coefficient (Wildman–Crippen LogP) is 2.74. The van der Waals surface area contributed by atoms with E-state index in [1.54, 1.807) is 43.3 Å². The zero-order valence-electron chi connectivity index (χ0n) is 15.3. The van der Waals surface area contributed by atoms with Crippen LogP contribution in [0.3, 0.4) is 0 Å². The number of amides is 2. The number of benzene rings is 2. The van der Waals surface area contributed by atoms with Crippen molar-refractivity contribution in [2.45, 2.75) is 6.92 Å². The molecule has 2 aromatic heterocycles. The van der Waals surface area contributed by atoms with Gasteiger partial charge in [0.15, 0.2) is 5.58 Å². The molecule has 0 aliphatic carbocycles. The lowest BCUT2D eigenvalue weighted by molar-refractivity contribution is 0.0846. The monoisotopic (exact) mass is 388 g/mol. The van der Waals surface area contributed by atoms with Crippen molar-refractivity contribution < 1.29 is 14.0 Å². The fourth-order valence-electron chi connectivity index (χ4n) is 2.61. The largest absolute Gasteiger partial charge is 0.423 e. The molecule has 0 bridgehead atoms. The Bertz CT molecular complexity index is 1160. The van der Waals surface area contributed by atoms with Crippen LogP contribution in [0.25, 0.3) is 11.1 Å². The Morgan fingerprint density at radius 2 is 1.62 bits per heavy atom. The summed E-state index contributed by atoms with van der Waals surface area (Å²) < 4.78 is 5.57. The van der Waals surface area contributed by atoms with E-state index in [1.165, 1.54) is 6.20 Å². The molecule has 2 aromatic carbocycles. The molecule has 2 amide bonds. The molecule has 144 valence electrons. The number of nitrogens with one attached hydrogen (secondary N) is 3. The molecular weight excluding hydrogens is 372 g/mol. The van der Waals surface area contributed by atoms with Crippen LogP contribution in [0.5, 0.6) is 0 Å². The van der Waals surface area contributed by atoms with E-state index < -0.39 is 11.8 Å². The van der Waals surface area contributed by atoms with E-state index in [0.717, 1.165) is 0 Å². The average Bonchev–Trinajstić information content (AvgIpc) is 3.14. The topological polar surface area (TPSA) is 122 Å². The van der Waals surface area contributed by atoms with Gasteiger partial charge < -0.3 is 4.42 Å². The van der Waals surface area contributed by atoms with Crippen LogP contribution < -0.4 is 16.2 Å². The second kappa shape index (κ2) is 7.77. The Hall–Kier alpha value is -4.27. The summed E-state index contributed by atoms with van der Waals surface area (Å²) in [5.74, 6) is -0.717. The van der Waals surface area contributed by atoms with Gasteiger partial charge in [0.05, 0.1) is 11.3 Å². The van der Waals surface area contributed by atoms with Crippen molar-refractivity contribution >= 4 is 34.9 Å². The lowest BCUT2D eigenvalue weighted by Crippen LogP contribution is -2.42. The number of hydrazine groups is 1. The smallest absolute Gasteiger partial charge is 0.302 e. The van der Waals surface area contributed by atoms with Crippen molar-refractivity contribution in [3.05, 3.63) is 77.6 Å². The number of nitrogens with zero attached hydrogens (tertiary/aromatic N) is 3. The standard InChI is InChI=1S/C20H16N6O3/c1-12-14(18(28)26-25-17(27)13-7-3-2-4-8-13)11-21-19(22-12)24-20-23-15-9-5-6-10-16(15)29-20/h2-11H,1H3,(H,25,27)(H,26,28)(H,21,22,23,24). The molecule has 9 heteroatoms. The Morgan fingerprint density at radius 1 is 0.897 bits per heavy atom. The molecule has 9 nitrogen and oxygen atoms in total. The van der Waals surface area contributed by atoms with Crippen molar-refractivity contribution in [2.24, 2.45) is 0 Å². The SMILES string of the molecule is Cc1nc(Nc2nc3ccccc3o2)ncc1C(=O)NNC(=O)c1ccccc1. The molecule has 4 rings (SSSR count). The fourth-order valence-corrected chi connectivity index (χ4v) is 2.61. The fraction of sp³-hybridized carbons (Fsp3) is 0.0500. The van der Waals surface area contributed by atoms with Crippen LogP contribution in [0.15, 0.2) is 65.2 Å². The minimum Gasteiger partial charge on any atom is -0.423 e. The van der Waals surface area contributed by atoms with E-state index in [4.69, 9.17) is 4.42 Å². The molecule has 3 N–H and O–H groups in total. The van der Waals surface area contributed by atoms with Crippen molar-refractivity contribution in [1.29, 1.82) is 0 Å². The molecule has 0 radical (unpaired) electrons. The van der Waals surface area contributed by atoms with Crippen molar-refractivity contribution in [2.75, 3.05) is 5.32 Å². The number of anilines is 2. The highest BCUT2D eigenvalue weighted by molar-refractivity contribution is 5.99. The van der Waals surface area contributed by atoms with E-state index in [9.17, 15) is 9.59 Å². The second-order valence-corrected chi connectivity index (χ2v) is 6.08. The number of fused-ring (bicyclic) bond motifs is 1. The van der Waals surface area contributed by atoms with Gasteiger partial charge in [-0.15, -0.1) is 0 Å². The van der Waals surface area contributed by atoms with Crippen LogP contribution in [-0.2, 0) is 0 Å². The van der Waals surface area contributed by atoms with E-state index in [1.807, 2.05) is 18.2 Å². The second-order valence-electron chi connectivity index (χ2n) is 6.08. The average molecular weight is 388 g/mol. The minimum absolute atomic E-state index is 0.224. The molecule has 0 aliphatic heterocycles. The zero-order chi connectivity index (χ0) is 20.2. The summed E-state index contributed by atoms with van der Waals surface area (Å²) >= 11 is 0. The molecule has 0 aliphatic rings. The highest BCUT2D eigenvalue weighted by Gasteiger charge is 2.14. The first kappa shape index (κ1) is 18.1. The van der Waals surface area contributed by atoms with Crippen molar-refractivity contribution in [1.82, 2.24) is 25.8 Å². The van der Waals surface area contributed by atoms with Gasteiger partial charge in [-0.3, -0.25) is 25.8 Å². The van der Waals surface area contributed by atoms with Gasteiger partial charge >= 0.3 is 6.01 Å². The van der Waals surface area contributed by atoms with Gasteiger partial charge in [0, 0.05) is 11.8 Å². The Kier molecular flexibility index (Phi) is 4.85. The Balaban J connectivity index is 1.42. The van der Waals surface area contributed by atoms with E-state index in [-0.39, 0.29) is 17.5 Å². The number of carbonyl (C=O) groups excluding carboxylic acids is 2. The van der Waals surface area contributed by atoms with Crippen LogP contribution in [-0.4, -0.2) is 26.8 Å². The minimum atomic E-state index is -0.528. The van der Waals surface area contributed by atoms with Gasteiger partial charge in [0.1, 0.15) is 5.52 Å². The van der Waals surface area contributed by atoms with E-state index in [2.05, 4.69) is 31.1 Å². The third kappa shape index (κ3) is 4.03. The maximum absolute atomic E-state index is 12.3. The van der Waals surface area contributed by atoms with Crippen LogP contribution in [0.1, 0.15) is 26.4 Å². The van der Waals surface area contributed by atoms with Crippen molar-refractivity contribution in [3.8, 4) is 0 Å². The van der Waals surface area contributed by atoms with Crippen molar-refractivity contribution in [3.63, 3.8) is 0 Å². The summed E-state index contributed by atoms with van der Waals surface area (Å²) in [6, 6.07) is 16.1. The summed E-state index contributed by atoms with van der Waals surface area (Å²) in [6.07, 6.45) is 1.36. The summed E-state index contributed by atoms with van der Waals surface area (Å²) in [6.45, 7) is 1.66. The molecule has 0 unspecified atom stereocenters. The maximum Gasteiger partial charge on any atom is 0.302 e. The number of carbonyl (C=O) groups is 2. The summed E-state index contributed by atoms with van der Waals surface area (Å²) in [5.41, 5.74) is 7.13.